The third kappa shape index (κ3) is 2.94. The second-order valence-electron chi connectivity index (χ2n) is 5.90. The van der Waals surface area contributed by atoms with Gasteiger partial charge in [0.05, 0.1) is 5.69 Å². The smallest absolute Gasteiger partial charge is 0.326 e. The Morgan fingerprint density at radius 2 is 1.76 bits per heavy atom. The number of carbonyl (C=O) groups excluding carboxylic acids is 4. The van der Waals surface area contributed by atoms with Crippen molar-refractivity contribution < 1.29 is 19.2 Å². The van der Waals surface area contributed by atoms with Crippen LogP contribution in [0.25, 0.3) is 0 Å². The fraction of sp³-hybridized carbons (Fsp3) is 0.158. The monoisotopic (exact) mass is 336 g/mol. The lowest BCUT2D eigenvalue weighted by atomic mass is 9.91. The lowest BCUT2D eigenvalue weighted by Crippen LogP contribution is -2.40. The van der Waals surface area contributed by atoms with Gasteiger partial charge in [-0.15, -0.1) is 0 Å². The van der Waals surface area contributed by atoms with Gasteiger partial charge in [0.25, 0.3) is 0 Å². The number of anilines is 1. The summed E-state index contributed by atoms with van der Waals surface area (Å²) < 4.78 is 0. The van der Waals surface area contributed by atoms with Gasteiger partial charge in [0.2, 0.25) is 5.91 Å². The Balaban J connectivity index is 2.03. The average molecular weight is 336 g/mol. The Morgan fingerprint density at radius 3 is 2.36 bits per heavy atom. The van der Waals surface area contributed by atoms with E-state index in [1.165, 1.54) is 25.1 Å². The van der Waals surface area contributed by atoms with E-state index in [0.29, 0.717) is 11.1 Å². The molecule has 0 aliphatic carbocycles. The Hall–Kier alpha value is -3.28. The van der Waals surface area contributed by atoms with E-state index < -0.39 is 17.9 Å². The van der Waals surface area contributed by atoms with Crippen LogP contribution in [0.15, 0.2) is 48.5 Å². The van der Waals surface area contributed by atoms with Gasteiger partial charge in [0.1, 0.15) is 5.92 Å². The summed E-state index contributed by atoms with van der Waals surface area (Å²) in [5.41, 5.74) is 7.04. The Morgan fingerprint density at radius 1 is 1.08 bits per heavy atom. The van der Waals surface area contributed by atoms with Gasteiger partial charge in [0.15, 0.2) is 11.6 Å². The lowest BCUT2D eigenvalue weighted by Gasteiger charge is -2.12. The van der Waals surface area contributed by atoms with Crippen molar-refractivity contribution in [2.45, 2.75) is 19.3 Å². The number of urea groups is 1. The number of ketones is 2. The topological polar surface area (TPSA) is 97.5 Å². The zero-order valence-corrected chi connectivity index (χ0v) is 13.6. The summed E-state index contributed by atoms with van der Waals surface area (Å²) in [5.74, 6) is -2.35. The molecule has 1 heterocycles. The van der Waals surface area contributed by atoms with Crippen molar-refractivity contribution >= 4 is 29.2 Å². The van der Waals surface area contributed by atoms with Crippen LogP contribution in [0.4, 0.5) is 10.5 Å². The summed E-state index contributed by atoms with van der Waals surface area (Å²) >= 11 is 0. The Labute approximate surface area is 144 Å². The lowest BCUT2D eigenvalue weighted by molar-refractivity contribution is -0.127. The van der Waals surface area contributed by atoms with E-state index >= 15 is 0 Å². The number of imide groups is 1. The number of rotatable bonds is 4. The second-order valence-corrected chi connectivity index (χ2v) is 5.90. The standard InChI is InChI=1S/C19H16N2O4/c1-11(22)13-7-8-15-14(10-13)17(18(24)21(15)19(20)25)16(23)9-12-5-3-2-4-6-12/h2-8,10,17H,9H2,1H3,(H2,20,25). The zero-order valence-electron chi connectivity index (χ0n) is 13.6. The first-order valence-corrected chi connectivity index (χ1v) is 7.75. The van der Waals surface area contributed by atoms with Crippen LogP contribution in [0.3, 0.4) is 0 Å². The van der Waals surface area contributed by atoms with Crippen molar-refractivity contribution in [2.24, 2.45) is 5.73 Å². The number of fused-ring (bicyclic) bond motifs is 1. The first-order chi connectivity index (χ1) is 11.9. The SMILES string of the molecule is CC(=O)c1ccc2c(c1)C(C(=O)Cc1ccccc1)C(=O)N2C(N)=O. The molecule has 1 atom stereocenters. The number of nitrogens with zero attached hydrogens (tertiary/aromatic N) is 1. The van der Waals surface area contributed by atoms with E-state index in [1.54, 1.807) is 24.3 Å². The number of hydrogen-bond donors (Lipinski definition) is 1. The highest BCUT2D eigenvalue weighted by Gasteiger charge is 2.44. The minimum atomic E-state index is -1.14. The molecular weight excluding hydrogens is 320 g/mol. The van der Waals surface area contributed by atoms with E-state index in [4.69, 9.17) is 5.73 Å². The molecule has 6 heteroatoms. The normalized spacial score (nSPS) is 15.8. The van der Waals surface area contributed by atoms with E-state index in [0.717, 1.165) is 10.5 Å². The third-order valence-corrected chi connectivity index (χ3v) is 4.22. The fourth-order valence-corrected chi connectivity index (χ4v) is 3.03. The van der Waals surface area contributed by atoms with Crippen molar-refractivity contribution in [3.05, 3.63) is 65.2 Å². The highest BCUT2D eigenvalue weighted by Crippen LogP contribution is 2.39. The summed E-state index contributed by atoms with van der Waals surface area (Å²) in [4.78, 5) is 49.5. The van der Waals surface area contributed by atoms with Gasteiger partial charge in [-0.05, 0) is 36.2 Å². The van der Waals surface area contributed by atoms with Crippen LogP contribution in [0.1, 0.15) is 34.3 Å². The molecule has 0 saturated heterocycles. The van der Waals surface area contributed by atoms with Crippen LogP contribution >= 0.6 is 0 Å². The molecule has 0 bridgehead atoms. The predicted molar refractivity (Wildman–Crippen MR) is 91.4 cm³/mol. The number of hydrogen-bond acceptors (Lipinski definition) is 4. The summed E-state index contributed by atoms with van der Waals surface area (Å²) in [6.45, 7) is 1.39. The van der Waals surface area contributed by atoms with Gasteiger partial charge < -0.3 is 5.73 Å². The van der Waals surface area contributed by atoms with Crippen LogP contribution in [0.5, 0.6) is 0 Å². The number of primary amides is 1. The minimum absolute atomic E-state index is 0.0492. The number of Topliss-reactive ketones (excluding diaryl/α,β-unsaturated/α-hetero) is 2. The average Bonchev–Trinajstić information content (AvgIpc) is 2.86. The molecule has 2 aromatic carbocycles. The summed E-state index contributed by atoms with van der Waals surface area (Å²) in [6.07, 6.45) is 0.0492. The van der Waals surface area contributed by atoms with Gasteiger partial charge in [-0.1, -0.05) is 30.3 Å². The van der Waals surface area contributed by atoms with E-state index in [9.17, 15) is 19.2 Å². The second kappa shape index (κ2) is 6.32. The maximum absolute atomic E-state index is 12.8. The molecule has 0 spiro atoms. The number of carbonyl (C=O) groups is 4. The fourth-order valence-electron chi connectivity index (χ4n) is 3.03. The van der Waals surface area contributed by atoms with Gasteiger partial charge in [-0.3, -0.25) is 14.4 Å². The molecule has 3 rings (SSSR count). The maximum atomic E-state index is 12.8. The summed E-state index contributed by atoms with van der Waals surface area (Å²) in [5, 5.41) is 0. The molecule has 0 radical (unpaired) electrons. The van der Waals surface area contributed by atoms with Crippen LogP contribution in [0.2, 0.25) is 0 Å². The third-order valence-electron chi connectivity index (χ3n) is 4.22. The summed E-state index contributed by atoms with van der Waals surface area (Å²) in [6, 6.07) is 12.5. The van der Waals surface area contributed by atoms with E-state index in [-0.39, 0.29) is 23.7 Å². The quantitative estimate of drug-likeness (QED) is 0.683. The van der Waals surface area contributed by atoms with Crippen molar-refractivity contribution in [3.63, 3.8) is 0 Å². The molecule has 126 valence electrons. The molecule has 0 aromatic heterocycles. The molecule has 6 nitrogen and oxygen atoms in total. The van der Waals surface area contributed by atoms with Crippen LogP contribution in [-0.4, -0.2) is 23.5 Å². The van der Waals surface area contributed by atoms with Crippen molar-refractivity contribution in [1.82, 2.24) is 0 Å². The highest BCUT2D eigenvalue weighted by molar-refractivity contribution is 6.27. The van der Waals surface area contributed by atoms with Gasteiger partial charge >= 0.3 is 6.03 Å². The maximum Gasteiger partial charge on any atom is 0.326 e. The molecule has 25 heavy (non-hydrogen) atoms. The van der Waals surface area contributed by atoms with E-state index in [1.807, 2.05) is 6.07 Å². The molecule has 1 aliphatic heterocycles. The number of nitrogens with two attached hydrogens (primary N) is 1. The molecule has 0 fully saturated rings. The van der Waals surface area contributed by atoms with Crippen LogP contribution in [-0.2, 0) is 16.0 Å². The van der Waals surface area contributed by atoms with Gasteiger partial charge in [0, 0.05) is 12.0 Å². The van der Waals surface area contributed by atoms with Crippen molar-refractivity contribution in [1.29, 1.82) is 0 Å². The summed E-state index contributed by atoms with van der Waals surface area (Å²) in [7, 11) is 0. The van der Waals surface area contributed by atoms with Crippen molar-refractivity contribution in [3.8, 4) is 0 Å². The Bertz CT molecular complexity index is 890. The number of benzene rings is 2. The largest absolute Gasteiger partial charge is 0.351 e. The van der Waals surface area contributed by atoms with Gasteiger partial charge in [-0.25, -0.2) is 9.69 Å². The molecular formula is C19H16N2O4. The molecule has 2 N–H and O–H groups in total. The molecule has 2 aromatic rings. The zero-order chi connectivity index (χ0) is 18.1. The van der Waals surface area contributed by atoms with Gasteiger partial charge in [-0.2, -0.15) is 0 Å². The molecule has 3 amide bonds. The Kier molecular flexibility index (Phi) is 4.19. The first-order valence-electron chi connectivity index (χ1n) is 7.75. The van der Waals surface area contributed by atoms with Crippen LogP contribution in [0, 0.1) is 0 Å². The minimum Gasteiger partial charge on any atom is -0.351 e. The first kappa shape index (κ1) is 16.6. The van der Waals surface area contributed by atoms with E-state index in [2.05, 4.69) is 0 Å². The molecule has 1 aliphatic rings. The molecule has 1 unspecified atom stereocenters. The highest BCUT2D eigenvalue weighted by atomic mass is 16.2. The van der Waals surface area contributed by atoms with Crippen molar-refractivity contribution in [2.75, 3.05) is 4.90 Å². The van der Waals surface area contributed by atoms with Crippen LogP contribution < -0.4 is 10.6 Å². The number of amides is 3. The molecule has 0 saturated carbocycles. The predicted octanol–water partition coefficient (Wildman–Crippen LogP) is 2.21.